The Bertz CT molecular complexity index is 458. The van der Waals surface area contributed by atoms with Crippen molar-refractivity contribution in [2.45, 2.75) is 55.1 Å². The summed E-state index contributed by atoms with van der Waals surface area (Å²) in [6.45, 7) is 1.88. The minimum Gasteiger partial charge on any atom is -0.383 e. The lowest BCUT2D eigenvalue weighted by molar-refractivity contribution is 0.00165. The van der Waals surface area contributed by atoms with E-state index in [2.05, 4.69) is 10.2 Å². The lowest BCUT2D eigenvalue weighted by atomic mass is 9.83. The van der Waals surface area contributed by atoms with E-state index >= 15 is 0 Å². The molecule has 18 heavy (non-hydrogen) atoms. The fourth-order valence-electron chi connectivity index (χ4n) is 3.14. The Labute approximate surface area is 109 Å². The quantitative estimate of drug-likeness (QED) is 0.835. The Morgan fingerprint density at radius 3 is 2.50 bits per heavy atom. The summed E-state index contributed by atoms with van der Waals surface area (Å²) in [5.74, 6) is 0. The molecule has 98 valence electrons. The number of rotatable bonds is 1. The van der Waals surface area contributed by atoms with Crippen LogP contribution in [0.2, 0.25) is 0 Å². The Morgan fingerprint density at radius 2 is 1.94 bits per heavy atom. The van der Waals surface area contributed by atoms with E-state index < -0.39 is 16.4 Å². The van der Waals surface area contributed by atoms with Crippen LogP contribution in [0.4, 0.5) is 0 Å². The van der Waals surface area contributed by atoms with E-state index in [1.165, 1.54) is 0 Å². The summed E-state index contributed by atoms with van der Waals surface area (Å²) >= 11 is 0. The van der Waals surface area contributed by atoms with Gasteiger partial charge in [-0.2, -0.15) is 10.2 Å². The molecule has 3 heterocycles. The highest BCUT2D eigenvalue weighted by atomic mass is 32.2. The smallest absolute Gasteiger partial charge is 0.111 e. The molecule has 2 saturated heterocycles. The van der Waals surface area contributed by atoms with Gasteiger partial charge in [0, 0.05) is 21.3 Å². The average molecular weight is 266 g/mol. The van der Waals surface area contributed by atoms with Gasteiger partial charge in [0.25, 0.3) is 0 Å². The molecular formula is C13H18N2O2S. The maximum atomic E-state index is 12.1. The molecule has 4 nitrogen and oxygen atoms in total. The second-order valence-corrected chi connectivity index (χ2v) is 7.49. The zero-order chi connectivity index (χ0) is 12.8. The Balaban J connectivity index is 1.91. The standard InChI is InChI=1S/C13H18N2O2S/c1-9-5-6-12(15-14-9)13(16)7-10-3-2-4-11(8-13)18(10)17/h5-6,10-11,16H,2-4,7-8H2,1H3. The van der Waals surface area contributed by atoms with E-state index in [0.717, 1.165) is 25.0 Å². The van der Waals surface area contributed by atoms with Gasteiger partial charge in [-0.05, 0) is 44.7 Å². The summed E-state index contributed by atoms with van der Waals surface area (Å²) in [5.41, 5.74) is 0.563. The van der Waals surface area contributed by atoms with Crippen molar-refractivity contribution in [3.05, 3.63) is 23.5 Å². The van der Waals surface area contributed by atoms with E-state index in [1.54, 1.807) is 0 Å². The maximum absolute atomic E-state index is 12.1. The van der Waals surface area contributed by atoms with E-state index in [4.69, 9.17) is 0 Å². The first kappa shape index (κ1) is 12.2. The molecule has 1 N–H and O–H groups in total. The number of aryl methyl sites for hydroxylation is 1. The van der Waals surface area contributed by atoms with E-state index in [0.29, 0.717) is 18.5 Å². The highest BCUT2D eigenvalue weighted by Gasteiger charge is 2.47. The van der Waals surface area contributed by atoms with Gasteiger partial charge >= 0.3 is 0 Å². The fourth-order valence-corrected chi connectivity index (χ4v) is 5.36. The van der Waals surface area contributed by atoms with Gasteiger partial charge in [-0.1, -0.05) is 6.42 Å². The van der Waals surface area contributed by atoms with E-state index in [9.17, 15) is 9.32 Å². The molecule has 2 bridgehead atoms. The highest BCUT2D eigenvalue weighted by Crippen LogP contribution is 2.43. The molecule has 2 fully saturated rings. The van der Waals surface area contributed by atoms with Crippen LogP contribution in [-0.4, -0.2) is 30.0 Å². The van der Waals surface area contributed by atoms with Crippen molar-refractivity contribution in [1.29, 1.82) is 0 Å². The predicted molar refractivity (Wildman–Crippen MR) is 69.5 cm³/mol. The van der Waals surface area contributed by atoms with E-state index in [-0.39, 0.29) is 10.5 Å². The summed E-state index contributed by atoms with van der Waals surface area (Å²) in [5, 5.41) is 19.2. The van der Waals surface area contributed by atoms with Gasteiger partial charge in [0.05, 0.1) is 11.4 Å². The number of hydrogen-bond donors (Lipinski definition) is 1. The van der Waals surface area contributed by atoms with Crippen molar-refractivity contribution in [3.63, 3.8) is 0 Å². The molecule has 3 rings (SSSR count). The monoisotopic (exact) mass is 266 g/mol. The van der Waals surface area contributed by atoms with Gasteiger partial charge in [-0.25, -0.2) is 0 Å². The zero-order valence-electron chi connectivity index (χ0n) is 10.5. The van der Waals surface area contributed by atoms with Gasteiger partial charge in [0.2, 0.25) is 0 Å². The van der Waals surface area contributed by atoms with Crippen LogP contribution < -0.4 is 0 Å². The molecule has 0 aromatic carbocycles. The van der Waals surface area contributed by atoms with Crippen LogP contribution in [0, 0.1) is 6.92 Å². The molecule has 0 spiro atoms. The molecule has 2 atom stereocenters. The molecule has 0 saturated carbocycles. The van der Waals surface area contributed by atoms with E-state index in [1.807, 2.05) is 19.1 Å². The van der Waals surface area contributed by atoms with Crippen molar-refractivity contribution in [3.8, 4) is 0 Å². The number of aliphatic hydroxyl groups is 1. The highest BCUT2D eigenvalue weighted by molar-refractivity contribution is 7.86. The van der Waals surface area contributed by atoms with Crippen LogP contribution in [0.15, 0.2) is 12.1 Å². The largest absolute Gasteiger partial charge is 0.383 e. The van der Waals surface area contributed by atoms with Gasteiger partial charge in [-0.15, -0.1) is 0 Å². The van der Waals surface area contributed by atoms with Gasteiger partial charge in [-0.3, -0.25) is 4.21 Å². The second-order valence-electron chi connectivity index (χ2n) is 5.50. The van der Waals surface area contributed by atoms with Crippen LogP contribution in [0.1, 0.15) is 43.5 Å². The zero-order valence-corrected chi connectivity index (χ0v) is 11.3. The summed E-state index contributed by atoms with van der Waals surface area (Å²) in [6.07, 6.45) is 4.19. The summed E-state index contributed by atoms with van der Waals surface area (Å²) in [7, 11) is -0.769. The van der Waals surface area contributed by atoms with Gasteiger partial charge < -0.3 is 5.11 Å². The lowest BCUT2D eigenvalue weighted by Crippen LogP contribution is -2.47. The average Bonchev–Trinajstić information content (AvgIpc) is 2.32. The van der Waals surface area contributed by atoms with Crippen LogP contribution in [-0.2, 0) is 16.4 Å². The fraction of sp³-hybridized carbons (Fsp3) is 0.692. The molecule has 1 aromatic rings. The molecule has 5 heteroatoms. The number of fused-ring (bicyclic) bond motifs is 2. The van der Waals surface area contributed by atoms with Gasteiger partial charge in [0.1, 0.15) is 5.60 Å². The molecule has 0 amide bonds. The van der Waals surface area contributed by atoms with Crippen molar-refractivity contribution in [1.82, 2.24) is 10.2 Å². The maximum Gasteiger partial charge on any atom is 0.111 e. The molecule has 1 aromatic heterocycles. The third-order valence-electron chi connectivity index (χ3n) is 4.11. The predicted octanol–water partition coefficient (Wildman–Crippen LogP) is 1.44. The number of aromatic nitrogens is 2. The summed E-state index contributed by atoms with van der Waals surface area (Å²) in [6, 6.07) is 3.73. The number of nitrogens with zero attached hydrogens (tertiary/aromatic N) is 2. The van der Waals surface area contributed by atoms with Crippen molar-refractivity contribution in [2.75, 3.05) is 0 Å². The van der Waals surface area contributed by atoms with Crippen molar-refractivity contribution >= 4 is 10.8 Å². The van der Waals surface area contributed by atoms with Crippen molar-refractivity contribution in [2.24, 2.45) is 0 Å². The SMILES string of the molecule is Cc1ccc(C2(O)CC3CCCC(C2)S3=O)nn1. The third kappa shape index (κ3) is 1.99. The Hall–Kier alpha value is -0.810. The molecule has 0 aliphatic carbocycles. The molecule has 2 unspecified atom stereocenters. The Morgan fingerprint density at radius 1 is 1.28 bits per heavy atom. The Kier molecular flexibility index (Phi) is 2.98. The van der Waals surface area contributed by atoms with Crippen LogP contribution in [0.5, 0.6) is 0 Å². The van der Waals surface area contributed by atoms with Crippen molar-refractivity contribution < 1.29 is 9.32 Å². The summed E-state index contributed by atoms with van der Waals surface area (Å²) < 4.78 is 12.1. The molecule has 2 aliphatic heterocycles. The molecule has 2 aliphatic rings. The number of hydrogen-bond acceptors (Lipinski definition) is 4. The lowest BCUT2D eigenvalue weighted by Gasteiger charge is -2.42. The third-order valence-corrected chi connectivity index (χ3v) is 6.23. The molecular weight excluding hydrogens is 248 g/mol. The second kappa shape index (κ2) is 4.38. The first-order chi connectivity index (χ1) is 8.58. The van der Waals surface area contributed by atoms with Gasteiger partial charge in [0.15, 0.2) is 0 Å². The normalized spacial score (nSPS) is 39.6. The van der Waals surface area contributed by atoms with Crippen LogP contribution in [0.25, 0.3) is 0 Å². The first-order valence-electron chi connectivity index (χ1n) is 6.51. The van der Waals surface area contributed by atoms with Crippen LogP contribution >= 0.6 is 0 Å². The van der Waals surface area contributed by atoms with Crippen LogP contribution in [0.3, 0.4) is 0 Å². The molecule has 0 radical (unpaired) electrons. The topological polar surface area (TPSA) is 63.1 Å². The minimum atomic E-state index is -0.926. The minimum absolute atomic E-state index is 0.130. The summed E-state index contributed by atoms with van der Waals surface area (Å²) in [4.78, 5) is 0. The first-order valence-corrected chi connectivity index (χ1v) is 7.79.